The quantitative estimate of drug-likeness (QED) is 0.945. The molecule has 2 aromatic rings. The molecule has 0 aromatic carbocycles. The minimum absolute atomic E-state index is 0.102. The molecular formula is C11H13BrN4O2. The lowest BCUT2D eigenvalue weighted by Gasteiger charge is -2.11. The first-order valence-corrected chi connectivity index (χ1v) is 6.25. The van der Waals surface area contributed by atoms with Gasteiger partial charge in [-0.05, 0) is 42.8 Å². The molecule has 0 radical (unpaired) electrons. The maximum Gasteiger partial charge on any atom is 0.328 e. The van der Waals surface area contributed by atoms with Crippen LogP contribution in [0.25, 0.3) is 0 Å². The average molecular weight is 313 g/mol. The van der Waals surface area contributed by atoms with Crippen LogP contribution >= 0.6 is 15.9 Å². The number of carbonyl (C=O) groups excluding carboxylic acids is 1. The van der Waals surface area contributed by atoms with E-state index in [4.69, 9.17) is 4.52 Å². The zero-order valence-electron chi connectivity index (χ0n) is 10.3. The largest absolute Gasteiger partial charge is 0.340 e. The molecule has 0 saturated heterocycles. The number of nitrogens with one attached hydrogen (secondary N) is 1. The van der Waals surface area contributed by atoms with Gasteiger partial charge in [-0.15, -0.1) is 0 Å². The minimum Gasteiger partial charge on any atom is -0.340 e. The van der Waals surface area contributed by atoms with E-state index in [0.717, 1.165) is 4.47 Å². The van der Waals surface area contributed by atoms with E-state index in [2.05, 4.69) is 31.4 Å². The van der Waals surface area contributed by atoms with Crippen LogP contribution in [-0.4, -0.2) is 20.6 Å². The number of aryl methyl sites for hydroxylation is 1. The highest BCUT2D eigenvalue weighted by Crippen LogP contribution is 2.20. The van der Waals surface area contributed by atoms with Crippen molar-refractivity contribution in [1.82, 2.24) is 14.7 Å². The highest BCUT2D eigenvalue weighted by Gasteiger charge is 2.17. The maximum atomic E-state index is 12.1. The number of carbonyl (C=O) groups is 1. The number of amides is 1. The second-order valence-electron chi connectivity index (χ2n) is 4.15. The molecule has 18 heavy (non-hydrogen) atoms. The Morgan fingerprint density at radius 1 is 1.56 bits per heavy atom. The topological polar surface area (TPSA) is 73.0 Å². The Morgan fingerprint density at radius 3 is 2.83 bits per heavy atom. The first kappa shape index (κ1) is 12.8. The summed E-state index contributed by atoms with van der Waals surface area (Å²) >= 11 is 3.36. The Balaban J connectivity index is 2.23. The molecule has 0 aliphatic heterocycles. The number of rotatable bonds is 3. The van der Waals surface area contributed by atoms with Crippen LogP contribution in [-0.2, 0) is 0 Å². The van der Waals surface area contributed by atoms with Crippen molar-refractivity contribution in [3.05, 3.63) is 28.3 Å². The van der Waals surface area contributed by atoms with E-state index < -0.39 is 0 Å². The summed E-state index contributed by atoms with van der Waals surface area (Å²) in [6, 6.07) is 2.03. The van der Waals surface area contributed by atoms with Crippen LogP contribution in [0.5, 0.6) is 0 Å². The number of nitrogens with zero attached hydrogens (tertiary/aromatic N) is 3. The van der Waals surface area contributed by atoms with E-state index in [9.17, 15) is 4.79 Å². The van der Waals surface area contributed by atoms with Crippen LogP contribution in [0.15, 0.2) is 21.3 Å². The van der Waals surface area contributed by atoms with Crippen molar-refractivity contribution in [3.63, 3.8) is 0 Å². The van der Waals surface area contributed by atoms with Gasteiger partial charge in [-0.2, -0.15) is 4.98 Å². The van der Waals surface area contributed by atoms with Gasteiger partial charge in [-0.3, -0.25) is 10.1 Å². The number of hydrogen-bond donors (Lipinski definition) is 1. The van der Waals surface area contributed by atoms with Crippen LogP contribution in [0.1, 0.15) is 36.2 Å². The minimum atomic E-state index is -0.280. The van der Waals surface area contributed by atoms with E-state index in [0.29, 0.717) is 11.5 Å². The summed E-state index contributed by atoms with van der Waals surface area (Å²) < 4.78 is 7.56. The van der Waals surface area contributed by atoms with Gasteiger partial charge in [0.05, 0.1) is 0 Å². The summed E-state index contributed by atoms with van der Waals surface area (Å²) in [6.07, 6.45) is 1.86. The summed E-state index contributed by atoms with van der Waals surface area (Å²) in [5.41, 5.74) is 0.535. The van der Waals surface area contributed by atoms with Crippen molar-refractivity contribution >= 4 is 27.9 Å². The smallest absolute Gasteiger partial charge is 0.328 e. The van der Waals surface area contributed by atoms with E-state index in [-0.39, 0.29) is 18.0 Å². The molecular weight excluding hydrogens is 300 g/mol. The van der Waals surface area contributed by atoms with Crippen LogP contribution < -0.4 is 5.32 Å². The molecule has 0 saturated carbocycles. The predicted octanol–water partition coefficient (Wildman–Crippen LogP) is 2.78. The van der Waals surface area contributed by atoms with Crippen molar-refractivity contribution in [2.24, 2.45) is 0 Å². The Hall–Kier alpha value is -1.63. The van der Waals surface area contributed by atoms with E-state index in [1.807, 2.05) is 24.6 Å². The van der Waals surface area contributed by atoms with Gasteiger partial charge in [-0.25, -0.2) is 0 Å². The summed E-state index contributed by atoms with van der Waals surface area (Å²) in [7, 11) is 0. The molecule has 0 bridgehead atoms. The third-order valence-electron chi connectivity index (χ3n) is 2.35. The Morgan fingerprint density at radius 2 is 2.28 bits per heavy atom. The molecule has 2 heterocycles. The number of anilines is 1. The van der Waals surface area contributed by atoms with Crippen molar-refractivity contribution in [2.75, 3.05) is 5.32 Å². The third-order valence-corrected chi connectivity index (χ3v) is 2.79. The first-order valence-electron chi connectivity index (χ1n) is 5.46. The molecule has 0 unspecified atom stereocenters. The zero-order chi connectivity index (χ0) is 13.3. The molecule has 2 aromatic heterocycles. The molecule has 6 nitrogen and oxygen atoms in total. The fourth-order valence-corrected chi connectivity index (χ4v) is 2.00. The molecule has 0 spiro atoms. The maximum absolute atomic E-state index is 12.1. The van der Waals surface area contributed by atoms with Gasteiger partial charge in [-0.1, -0.05) is 5.16 Å². The molecule has 0 fully saturated rings. The van der Waals surface area contributed by atoms with E-state index in [1.165, 1.54) is 0 Å². The number of aromatic nitrogens is 3. The highest BCUT2D eigenvalue weighted by molar-refractivity contribution is 9.10. The Labute approximate surface area is 112 Å². The summed E-state index contributed by atoms with van der Waals surface area (Å²) in [4.78, 5) is 16.0. The molecule has 2 rings (SSSR count). The van der Waals surface area contributed by atoms with E-state index in [1.54, 1.807) is 13.0 Å². The normalized spacial score (nSPS) is 10.9. The fraction of sp³-hybridized carbons (Fsp3) is 0.364. The molecule has 7 heteroatoms. The Bertz CT molecular complexity index is 573. The third kappa shape index (κ3) is 2.61. The lowest BCUT2D eigenvalue weighted by Crippen LogP contribution is -2.17. The average Bonchev–Trinajstić information content (AvgIpc) is 2.85. The summed E-state index contributed by atoms with van der Waals surface area (Å²) in [6.45, 7) is 5.69. The van der Waals surface area contributed by atoms with Crippen LogP contribution in [0.4, 0.5) is 6.01 Å². The van der Waals surface area contributed by atoms with Crippen LogP contribution in [0.2, 0.25) is 0 Å². The van der Waals surface area contributed by atoms with Gasteiger partial charge in [0, 0.05) is 16.7 Å². The fourth-order valence-electron chi connectivity index (χ4n) is 1.56. The molecule has 0 aliphatic carbocycles. The van der Waals surface area contributed by atoms with Crippen LogP contribution in [0, 0.1) is 6.92 Å². The monoisotopic (exact) mass is 312 g/mol. The van der Waals surface area contributed by atoms with Gasteiger partial charge < -0.3 is 9.09 Å². The molecule has 0 aliphatic rings. The lowest BCUT2D eigenvalue weighted by molar-refractivity contribution is 0.101. The first-order chi connectivity index (χ1) is 8.47. The van der Waals surface area contributed by atoms with Gasteiger partial charge in [0.25, 0.3) is 5.91 Å². The van der Waals surface area contributed by atoms with E-state index >= 15 is 0 Å². The van der Waals surface area contributed by atoms with Gasteiger partial charge in [0.1, 0.15) is 5.69 Å². The van der Waals surface area contributed by atoms with Gasteiger partial charge in [0.15, 0.2) is 5.82 Å². The van der Waals surface area contributed by atoms with Gasteiger partial charge in [0.2, 0.25) is 0 Å². The highest BCUT2D eigenvalue weighted by atomic mass is 79.9. The number of hydrogen-bond acceptors (Lipinski definition) is 4. The van der Waals surface area contributed by atoms with Crippen molar-refractivity contribution in [2.45, 2.75) is 26.8 Å². The van der Waals surface area contributed by atoms with Crippen LogP contribution in [0.3, 0.4) is 0 Å². The summed E-state index contributed by atoms with van der Waals surface area (Å²) in [5.74, 6) is 0.198. The van der Waals surface area contributed by atoms with Gasteiger partial charge >= 0.3 is 6.01 Å². The SMILES string of the molecule is Cc1noc(NC(=O)c2cc(Br)cn2C(C)C)n1. The molecule has 0 atom stereocenters. The molecule has 1 N–H and O–H groups in total. The standard InChI is InChI=1S/C11H13BrN4O2/c1-6(2)16-5-8(12)4-9(16)10(17)14-11-13-7(3)15-18-11/h4-6H,1-3H3,(H,13,14,15,17). The molecule has 1 amide bonds. The second-order valence-corrected chi connectivity index (χ2v) is 5.06. The second kappa shape index (κ2) is 4.93. The zero-order valence-corrected chi connectivity index (χ0v) is 11.9. The summed E-state index contributed by atoms with van der Waals surface area (Å²) in [5, 5.41) is 6.18. The van der Waals surface area contributed by atoms with Crippen molar-refractivity contribution < 1.29 is 9.32 Å². The number of halogens is 1. The predicted molar refractivity (Wildman–Crippen MR) is 69.5 cm³/mol. The van der Waals surface area contributed by atoms with Crippen molar-refractivity contribution in [3.8, 4) is 0 Å². The van der Waals surface area contributed by atoms with Crippen molar-refractivity contribution in [1.29, 1.82) is 0 Å². The lowest BCUT2D eigenvalue weighted by atomic mass is 10.3. The molecule has 96 valence electrons. The Kier molecular flexibility index (Phi) is 3.51.